The molecule has 0 radical (unpaired) electrons. The quantitative estimate of drug-likeness (QED) is 0.124. The molecule has 1 heterocycles. The van der Waals surface area contributed by atoms with Crippen molar-refractivity contribution in [1.82, 2.24) is 0 Å². The van der Waals surface area contributed by atoms with Crippen molar-refractivity contribution in [3.8, 4) is 0 Å². The second kappa shape index (κ2) is 14.3. The number of benzene rings is 2. The zero-order chi connectivity index (χ0) is 31.2. The Kier molecular flexibility index (Phi) is 10.2. The van der Waals surface area contributed by atoms with E-state index in [0.717, 1.165) is 40.2 Å². The van der Waals surface area contributed by atoms with Crippen LogP contribution in [0.15, 0.2) is 71.6 Å². The molecule has 5 rings (SSSR count). The second-order valence-corrected chi connectivity index (χ2v) is 13.5. The first-order valence-corrected chi connectivity index (χ1v) is 16.6. The predicted molar refractivity (Wildman–Crippen MR) is 173 cm³/mol. The Morgan fingerprint density at radius 1 is 1.02 bits per heavy atom. The number of fused-ring (bicyclic) bond motifs is 1. The van der Waals surface area contributed by atoms with Crippen LogP contribution in [0.25, 0.3) is 0 Å². The van der Waals surface area contributed by atoms with E-state index in [1.165, 1.54) is 23.1 Å². The lowest BCUT2D eigenvalue weighted by molar-refractivity contribution is -0.146. The monoisotopic (exact) mass is 632 g/mol. The van der Waals surface area contributed by atoms with Crippen molar-refractivity contribution < 1.29 is 29.0 Å². The average Bonchev–Trinajstić information content (AvgIpc) is 3.37. The number of aliphatic carboxylic acids is 1. The number of carboxylic acid groups (broad SMARTS) is 1. The molecule has 1 aromatic heterocycles. The third-order valence-electron chi connectivity index (χ3n) is 8.01. The van der Waals surface area contributed by atoms with E-state index in [-0.39, 0.29) is 18.4 Å². The largest absolute Gasteiger partial charge is 0.481 e. The molecule has 2 amide bonds. The number of amides is 2. The minimum Gasteiger partial charge on any atom is -0.481 e. The van der Waals surface area contributed by atoms with Gasteiger partial charge in [-0.1, -0.05) is 55.5 Å². The van der Waals surface area contributed by atoms with Gasteiger partial charge in [-0.05, 0) is 74.3 Å². The summed E-state index contributed by atoms with van der Waals surface area (Å²) in [7, 11) is 0. The number of nitrogens with one attached hydrogen (secondary N) is 2. The summed E-state index contributed by atoms with van der Waals surface area (Å²) < 4.78 is 5.39. The summed E-state index contributed by atoms with van der Waals surface area (Å²) in [5.41, 5.74) is 2.75. The van der Waals surface area contributed by atoms with Gasteiger partial charge in [0, 0.05) is 15.5 Å². The summed E-state index contributed by atoms with van der Waals surface area (Å²) in [6, 6.07) is 16.6. The number of esters is 1. The lowest BCUT2D eigenvalue weighted by Gasteiger charge is -2.24. The second-order valence-electron chi connectivity index (χ2n) is 11.2. The highest BCUT2D eigenvalue weighted by atomic mass is 32.2. The summed E-state index contributed by atoms with van der Waals surface area (Å²) in [5, 5.41) is 15.4. The summed E-state index contributed by atoms with van der Waals surface area (Å²) in [5.74, 6) is -2.94. The third kappa shape index (κ3) is 7.25. The van der Waals surface area contributed by atoms with Crippen LogP contribution in [-0.4, -0.2) is 35.5 Å². The molecule has 0 bridgehead atoms. The Morgan fingerprint density at radius 2 is 1.77 bits per heavy atom. The fourth-order valence-corrected chi connectivity index (χ4v) is 8.22. The Hall–Kier alpha value is -3.89. The molecule has 0 spiro atoms. The SMILES string of the molecule is CCOC(=O)c1c(NC(=O)C(Sc2cccc(NC(=O)C3CC=CCC3C(=O)O)c2)c2ccccc2)sc2c1CCC(C)C2. The highest BCUT2D eigenvalue weighted by Gasteiger charge is 2.34. The van der Waals surface area contributed by atoms with Gasteiger partial charge in [0.1, 0.15) is 10.3 Å². The fourth-order valence-electron chi connectivity index (χ4n) is 5.73. The molecule has 2 aliphatic rings. The molecule has 3 N–H and O–H groups in total. The smallest absolute Gasteiger partial charge is 0.341 e. The van der Waals surface area contributed by atoms with Crippen molar-refractivity contribution in [3.05, 3.63) is 88.3 Å². The molecule has 44 heavy (non-hydrogen) atoms. The average molecular weight is 633 g/mol. The van der Waals surface area contributed by atoms with Crippen LogP contribution < -0.4 is 10.6 Å². The van der Waals surface area contributed by atoms with Crippen LogP contribution in [0.4, 0.5) is 10.7 Å². The van der Waals surface area contributed by atoms with Crippen molar-refractivity contribution in [2.24, 2.45) is 17.8 Å². The van der Waals surface area contributed by atoms with Crippen molar-refractivity contribution >= 4 is 57.5 Å². The Morgan fingerprint density at radius 3 is 2.50 bits per heavy atom. The molecule has 2 aliphatic carbocycles. The summed E-state index contributed by atoms with van der Waals surface area (Å²) >= 11 is 2.79. The number of thiophene rings is 1. The number of hydrogen-bond acceptors (Lipinski definition) is 7. The summed E-state index contributed by atoms with van der Waals surface area (Å²) in [4.78, 5) is 53.7. The van der Waals surface area contributed by atoms with Crippen LogP contribution in [-0.2, 0) is 32.0 Å². The van der Waals surface area contributed by atoms with Crippen molar-refractivity contribution in [2.75, 3.05) is 17.2 Å². The molecule has 10 heteroatoms. The fraction of sp³-hybridized carbons (Fsp3) is 0.353. The Balaban J connectivity index is 1.39. The van der Waals surface area contributed by atoms with Crippen molar-refractivity contribution in [2.45, 2.75) is 56.1 Å². The Bertz CT molecular complexity index is 1570. The molecule has 0 aliphatic heterocycles. The molecule has 0 fully saturated rings. The van der Waals surface area contributed by atoms with E-state index < -0.39 is 29.0 Å². The minimum absolute atomic E-state index is 0.247. The molecule has 0 saturated carbocycles. The number of hydrogen-bond donors (Lipinski definition) is 3. The zero-order valence-corrected chi connectivity index (χ0v) is 26.3. The maximum atomic E-state index is 14.0. The normalized spacial score (nSPS) is 19.8. The maximum Gasteiger partial charge on any atom is 0.341 e. The van der Waals surface area contributed by atoms with Gasteiger partial charge in [-0.25, -0.2) is 4.79 Å². The number of anilines is 2. The highest BCUT2D eigenvalue weighted by molar-refractivity contribution is 8.00. The number of carbonyl (C=O) groups is 4. The first kappa shape index (κ1) is 31.5. The van der Waals surface area contributed by atoms with Crippen LogP contribution in [0, 0.1) is 17.8 Å². The first-order chi connectivity index (χ1) is 21.2. The van der Waals surface area contributed by atoms with Crippen LogP contribution in [0.3, 0.4) is 0 Å². The van der Waals surface area contributed by atoms with Crippen LogP contribution in [0.1, 0.15) is 64.7 Å². The lowest BCUT2D eigenvalue weighted by atomic mass is 9.82. The molecule has 4 unspecified atom stereocenters. The van der Waals surface area contributed by atoms with Crippen LogP contribution in [0.2, 0.25) is 0 Å². The predicted octanol–water partition coefficient (Wildman–Crippen LogP) is 7.13. The van der Waals surface area contributed by atoms with Gasteiger partial charge in [-0.2, -0.15) is 0 Å². The minimum atomic E-state index is -0.984. The number of allylic oxidation sites excluding steroid dienone is 2. The number of rotatable bonds is 10. The van der Waals surface area contributed by atoms with E-state index in [9.17, 15) is 24.3 Å². The van der Waals surface area contributed by atoms with Crippen LogP contribution in [0.5, 0.6) is 0 Å². The van der Waals surface area contributed by atoms with Gasteiger partial charge < -0.3 is 20.5 Å². The van der Waals surface area contributed by atoms with Gasteiger partial charge in [0.25, 0.3) is 0 Å². The lowest BCUT2D eigenvalue weighted by Crippen LogP contribution is -2.34. The van der Waals surface area contributed by atoms with Gasteiger partial charge in [-0.15, -0.1) is 23.1 Å². The molecule has 3 aromatic rings. The number of thioether (sulfide) groups is 1. The van der Waals surface area contributed by atoms with E-state index in [1.807, 2.05) is 42.5 Å². The van der Waals surface area contributed by atoms with E-state index >= 15 is 0 Å². The maximum absolute atomic E-state index is 14.0. The topological polar surface area (TPSA) is 122 Å². The van der Waals surface area contributed by atoms with E-state index in [2.05, 4.69) is 17.6 Å². The van der Waals surface area contributed by atoms with Gasteiger partial charge in [-0.3, -0.25) is 14.4 Å². The number of ether oxygens (including phenoxy) is 1. The highest BCUT2D eigenvalue weighted by Crippen LogP contribution is 2.42. The van der Waals surface area contributed by atoms with E-state index in [1.54, 1.807) is 31.2 Å². The van der Waals surface area contributed by atoms with E-state index in [0.29, 0.717) is 35.0 Å². The Labute approximate surface area is 265 Å². The molecule has 4 atom stereocenters. The van der Waals surface area contributed by atoms with E-state index in [4.69, 9.17) is 4.74 Å². The number of carboxylic acids is 1. The zero-order valence-electron chi connectivity index (χ0n) is 24.7. The van der Waals surface area contributed by atoms with Gasteiger partial charge in [0.15, 0.2) is 0 Å². The molecule has 8 nitrogen and oxygen atoms in total. The third-order valence-corrected chi connectivity index (χ3v) is 10.4. The molecule has 230 valence electrons. The van der Waals surface area contributed by atoms with Gasteiger partial charge in [0.2, 0.25) is 11.8 Å². The summed E-state index contributed by atoms with van der Waals surface area (Å²) in [6.45, 7) is 4.21. The summed E-state index contributed by atoms with van der Waals surface area (Å²) in [6.07, 6.45) is 6.95. The molecular formula is C34H36N2O6S2. The van der Waals surface area contributed by atoms with Crippen molar-refractivity contribution in [1.29, 1.82) is 0 Å². The van der Waals surface area contributed by atoms with Crippen LogP contribution >= 0.6 is 23.1 Å². The first-order valence-electron chi connectivity index (χ1n) is 14.9. The van der Waals surface area contributed by atoms with Gasteiger partial charge in [0.05, 0.1) is 24.0 Å². The number of carbonyl (C=O) groups excluding carboxylic acids is 3. The standard InChI is InChI=1S/C34H36N2O6S2/c1-3-42-34(41)28-26-17-16-20(2)18-27(26)44-32(28)36-31(38)29(21-10-5-4-6-11-21)43-23-13-9-12-22(19-23)35-30(37)24-14-7-8-15-25(24)33(39)40/h4-13,19-20,24-25,29H,3,14-18H2,1-2H3,(H,35,37)(H,36,38)(H,39,40). The molecular weight excluding hydrogens is 597 g/mol. The van der Waals surface area contributed by atoms with Gasteiger partial charge >= 0.3 is 11.9 Å². The molecule has 0 saturated heterocycles. The molecule has 2 aromatic carbocycles. The van der Waals surface area contributed by atoms with Crippen molar-refractivity contribution in [3.63, 3.8) is 0 Å².